The van der Waals surface area contributed by atoms with Gasteiger partial charge in [0.05, 0.1) is 40.8 Å². The lowest BCUT2D eigenvalue weighted by Gasteiger charge is -2.32. The Morgan fingerprint density at radius 1 is 0.708 bits per heavy atom. The van der Waals surface area contributed by atoms with Crippen LogP contribution in [0, 0.1) is 13.8 Å². The standard InChI is InChI=1S/C52H49N17O3/c1-26-6-4-7-28-18-34(68(32-8-5-9-32)50(70)39(26)28)24-67-49-42(43(63-67)30-11-13-38-37(20-30)60-52(55)72-38)46(54)61-47(62-49)36-12-10-29-19-35(69(51(71)40(29)27(36)2)33-14-16-65(3)17-15-33)23-66-48-41(45(53)56-25-57-48)44(64-66)31-21-58-59-22-31/h4,6-7,10-13,18-22,25,32-33H,5,8-9,14-17,23-24H2,1-3H3,(H2,55,60)(H,58,59)(H2,53,56,57)(H2,54,61,62). The number of nitrogens with zero attached hydrogens (tertiary/aromatic N) is 13. The first kappa shape index (κ1) is 43.3. The molecule has 0 radical (unpaired) electrons. The molecule has 13 rings (SSSR count). The maximum atomic E-state index is 15.4. The van der Waals surface area contributed by atoms with Crippen molar-refractivity contribution in [2.75, 3.05) is 37.3 Å². The fourth-order valence-electron chi connectivity index (χ4n) is 11.1. The third-order valence-corrected chi connectivity index (χ3v) is 14.9. The van der Waals surface area contributed by atoms with Crippen LogP contribution in [0.3, 0.4) is 0 Å². The highest BCUT2D eigenvalue weighted by Gasteiger charge is 2.29. The number of anilines is 3. The van der Waals surface area contributed by atoms with Crippen molar-refractivity contribution < 1.29 is 4.42 Å². The first-order valence-corrected chi connectivity index (χ1v) is 24.1. The van der Waals surface area contributed by atoms with Gasteiger partial charge in [0.1, 0.15) is 34.9 Å². The van der Waals surface area contributed by atoms with Gasteiger partial charge in [-0.25, -0.2) is 29.3 Å². The highest BCUT2D eigenvalue weighted by molar-refractivity contribution is 6.01. The van der Waals surface area contributed by atoms with Crippen LogP contribution in [0.15, 0.2) is 93.4 Å². The molecule has 1 saturated heterocycles. The normalized spacial score (nSPS) is 15.0. The van der Waals surface area contributed by atoms with Crippen molar-refractivity contribution in [1.82, 2.24) is 68.7 Å². The smallest absolute Gasteiger partial charge is 0.292 e. The van der Waals surface area contributed by atoms with Crippen molar-refractivity contribution in [2.24, 2.45) is 0 Å². The second-order valence-electron chi connectivity index (χ2n) is 19.3. The zero-order valence-corrected chi connectivity index (χ0v) is 39.8. The van der Waals surface area contributed by atoms with Gasteiger partial charge < -0.3 is 35.7 Å². The van der Waals surface area contributed by atoms with E-state index in [0.717, 1.165) is 83.9 Å². The van der Waals surface area contributed by atoms with Gasteiger partial charge >= 0.3 is 0 Å². The number of hydrogen-bond donors (Lipinski definition) is 4. The van der Waals surface area contributed by atoms with Gasteiger partial charge in [0, 0.05) is 46.4 Å². The summed E-state index contributed by atoms with van der Waals surface area (Å²) in [5, 5.41) is 21.3. The zero-order chi connectivity index (χ0) is 49.1. The van der Waals surface area contributed by atoms with Crippen LogP contribution in [0.25, 0.3) is 88.6 Å². The van der Waals surface area contributed by atoms with Gasteiger partial charge in [0.2, 0.25) is 0 Å². The SMILES string of the molecule is Cc1cccc2cc(Cn3nc(-c4ccc5oc(N)nc5c4)c4c(N)nc(-c5ccc6cc(Cn7nc(-c8cn[nH]c8)c8c(N)ncnc87)n(C7CCN(C)CC7)c(=O)c6c5C)nc43)n(C3CCC3)c(=O)c12. The summed E-state index contributed by atoms with van der Waals surface area (Å²) in [6, 6.07) is 19.6. The third kappa shape index (κ3) is 6.84. The molecule has 7 N–H and O–H groups in total. The number of likely N-dealkylation sites (tertiary alicyclic amines) is 1. The first-order valence-electron chi connectivity index (χ1n) is 24.1. The largest absolute Gasteiger partial charge is 0.424 e. The number of benzene rings is 3. The summed E-state index contributed by atoms with van der Waals surface area (Å²) in [5.41, 5.74) is 27.9. The minimum Gasteiger partial charge on any atom is -0.424 e. The van der Waals surface area contributed by atoms with Gasteiger partial charge in [0.15, 0.2) is 22.7 Å². The van der Waals surface area contributed by atoms with E-state index in [1.165, 1.54) is 6.33 Å². The molecule has 72 heavy (non-hydrogen) atoms. The number of aromatic amines is 1. The van der Waals surface area contributed by atoms with Crippen LogP contribution in [0.2, 0.25) is 0 Å². The average Bonchev–Trinajstić information content (AvgIpc) is 4.16. The third-order valence-electron chi connectivity index (χ3n) is 14.9. The topological polar surface area (TPSA) is 267 Å². The summed E-state index contributed by atoms with van der Waals surface area (Å²) in [6.45, 7) is 6.06. The van der Waals surface area contributed by atoms with Gasteiger partial charge in [0.25, 0.3) is 17.1 Å². The van der Waals surface area contributed by atoms with Gasteiger partial charge in [-0.3, -0.25) is 14.7 Å². The van der Waals surface area contributed by atoms with E-state index >= 15 is 4.79 Å². The number of nitrogens with two attached hydrogens (primary N) is 3. The Hall–Kier alpha value is -8.78. The quantitative estimate of drug-likeness (QED) is 0.114. The minimum absolute atomic E-state index is 0.0117. The number of rotatable bonds is 9. The molecular weight excluding hydrogens is 911 g/mol. The summed E-state index contributed by atoms with van der Waals surface area (Å²) < 4.78 is 13.1. The molecule has 0 spiro atoms. The molecule has 3 aromatic carbocycles. The number of aromatic nitrogens is 13. The molecule has 2 aliphatic rings. The first-order chi connectivity index (χ1) is 35.0. The van der Waals surface area contributed by atoms with Crippen molar-refractivity contribution in [3.05, 3.63) is 123 Å². The number of H-pyrrole nitrogens is 1. The Morgan fingerprint density at radius 2 is 1.40 bits per heavy atom. The lowest BCUT2D eigenvalue weighted by molar-refractivity contribution is 0.216. The van der Waals surface area contributed by atoms with E-state index in [9.17, 15) is 4.79 Å². The molecule has 1 saturated carbocycles. The Kier molecular flexibility index (Phi) is 9.86. The summed E-state index contributed by atoms with van der Waals surface area (Å²) >= 11 is 0. The van der Waals surface area contributed by atoms with E-state index in [1.807, 2.05) is 70.1 Å². The van der Waals surface area contributed by atoms with Gasteiger partial charge in [-0.2, -0.15) is 20.3 Å². The van der Waals surface area contributed by atoms with E-state index in [2.05, 4.69) is 49.2 Å². The van der Waals surface area contributed by atoms with Crippen molar-refractivity contribution in [3.63, 3.8) is 0 Å². The van der Waals surface area contributed by atoms with E-state index in [-0.39, 0.29) is 48.1 Å². The minimum atomic E-state index is -0.122. The summed E-state index contributed by atoms with van der Waals surface area (Å²) in [7, 11) is 2.10. The Balaban J connectivity index is 0.982. The van der Waals surface area contributed by atoms with Crippen molar-refractivity contribution >= 4 is 72.4 Å². The molecule has 0 atom stereocenters. The molecule has 20 nitrogen and oxygen atoms in total. The maximum absolute atomic E-state index is 15.4. The van der Waals surface area contributed by atoms with E-state index in [1.54, 1.807) is 23.1 Å². The van der Waals surface area contributed by atoms with Crippen LogP contribution in [0.5, 0.6) is 0 Å². The molecule has 9 heterocycles. The molecule has 1 aliphatic carbocycles. The number of nitrogens with one attached hydrogen (secondary N) is 1. The molecule has 0 bridgehead atoms. The number of nitrogen functional groups attached to an aromatic ring is 3. The monoisotopic (exact) mass is 959 g/mol. The van der Waals surface area contributed by atoms with Crippen molar-refractivity contribution in [1.29, 1.82) is 0 Å². The molecular formula is C52H49N17O3. The number of fused-ring (bicyclic) bond motifs is 5. The molecule has 8 aromatic heterocycles. The van der Waals surface area contributed by atoms with E-state index in [4.69, 9.17) is 41.8 Å². The highest BCUT2D eigenvalue weighted by atomic mass is 16.4. The van der Waals surface area contributed by atoms with Crippen LogP contribution in [0.4, 0.5) is 17.7 Å². The average molecular weight is 960 g/mol. The maximum Gasteiger partial charge on any atom is 0.292 e. The van der Waals surface area contributed by atoms with Crippen molar-refractivity contribution in [2.45, 2.75) is 71.1 Å². The second kappa shape index (κ2) is 16.4. The number of piperidine rings is 1. The zero-order valence-electron chi connectivity index (χ0n) is 39.8. The molecule has 360 valence electrons. The van der Waals surface area contributed by atoms with Crippen LogP contribution in [0.1, 0.15) is 66.7 Å². The fourth-order valence-corrected chi connectivity index (χ4v) is 11.1. The summed E-state index contributed by atoms with van der Waals surface area (Å²) in [5.74, 6) is 0.831. The van der Waals surface area contributed by atoms with Gasteiger partial charge in [-0.1, -0.05) is 30.3 Å². The number of oxazole rings is 1. The number of hydrogen-bond acceptors (Lipinski definition) is 15. The number of aryl methyl sites for hydroxylation is 2. The molecule has 20 heteroatoms. The van der Waals surface area contributed by atoms with Crippen LogP contribution in [-0.4, -0.2) is 88.8 Å². The lowest BCUT2D eigenvalue weighted by atomic mass is 9.91. The lowest BCUT2D eigenvalue weighted by Crippen LogP contribution is -2.37. The van der Waals surface area contributed by atoms with Crippen LogP contribution < -0.4 is 28.3 Å². The summed E-state index contributed by atoms with van der Waals surface area (Å²) in [4.78, 5) is 55.7. The molecule has 0 amide bonds. The van der Waals surface area contributed by atoms with Gasteiger partial charge in [-0.15, -0.1) is 0 Å². The highest BCUT2D eigenvalue weighted by Crippen LogP contribution is 2.38. The van der Waals surface area contributed by atoms with E-state index in [0.29, 0.717) is 78.3 Å². The molecule has 2 fully saturated rings. The summed E-state index contributed by atoms with van der Waals surface area (Å²) in [6.07, 6.45) is 9.31. The van der Waals surface area contributed by atoms with Crippen LogP contribution in [-0.2, 0) is 13.1 Å². The predicted octanol–water partition coefficient (Wildman–Crippen LogP) is 6.91. The van der Waals surface area contributed by atoms with Crippen molar-refractivity contribution in [3.8, 4) is 33.9 Å². The Morgan fingerprint density at radius 3 is 2.12 bits per heavy atom. The Bertz CT molecular complexity index is 4130. The number of pyridine rings is 2. The second-order valence-corrected chi connectivity index (χ2v) is 19.3. The molecule has 0 unspecified atom stereocenters. The molecule has 1 aliphatic heterocycles. The molecule has 11 aromatic rings. The van der Waals surface area contributed by atoms with Crippen LogP contribution >= 0.6 is 0 Å². The fraction of sp³-hybridized carbons (Fsp3) is 0.269. The van der Waals surface area contributed by atoms with Gasteiger partial charge in [-0.05, 0) is 118 Å². The predicted molar refractivity (Wildman–Crippen MR) is 276 cm³/mol. The Labute approximate surface area is 409 Å². The van der Waals surface area contributed by atoms with E-state index < -0.39 is 0 Å².